The molecule has 0 atom stereocenters. The molecule has 0 bridgehead atoms. The van der Waals surface area contributed by atoms with Crippen LogP contribution in [0, 0.1) is 0 Å². The molecule has 1 aromatic heterocycles. The summed E-state index contributed by atoms with van der Waals surface area (Å²) in [7, 11) is 0. The Balaban J connectivity index is 2.35. The second kappa shape index (κ2) is 4.96. The number of phenolic OH excluding ortho intramolecular Hbond substituents is 1. The van der Waals surface area contributed by atoms with Gasteiger partial charge in [0.05, 0.1) is 6.61 Å². The molecule has 5 heteroatoms. The van der Waals surface area contributed by atoms with Gasteiger partial charge in [-0.05, 0) is 6.07 Å². The third-order valence-electron chi connectivity index (χ3n) is 3.27. The minimum Gasteiger partial charge on any atom is -0.504 e. The highest BCUT2D eigenvalue weighted by molar-refractivity contribution is 5.88. The molecule has 3 N–H and O–H groups in total. The topological polar surface area (TPSA) is 90.9 Å². The maximum absolute atomic E-state index is 12.2. The Morgan fingerprint density at radius 1 is 1.00 bits per heavy atom. The molecule has 0 saturated carbocycles. The molecule has 0 amide bonds. The number of benzene rings is 2. The number of aliphatic hydroxyl groups is 1. The number of aliphatic hydroxyl groups excluding tert-OH is 1. The molecule has 106 valence electrons. The van der Waals surface area contributed by atoms with E-state index in [4.69, 9.17) is 9.52 Å². The van der Waals surface area contributed by atoms with Crippen molar-refractivity contribution in [1.82, 2.24) is 0 Å². The fourth-order valence-electron chi connectivity index (χ4n) is 2.21. The predicted octanol–water partition coefficient (Wildman–Crippen LogP) is 2.36. The first-order chi connectivity index (χ1) is 10.1. The molecule has 0 unspecified atom stereocenters. The van der Waals surface area contributed by atoms with E-state index in [0.29, 0.717) is 5.76 Å². The zero-order valence-corrected chi connectivity index (χ0v) is 10.9. The maximum Gasteiger partial charge on any atom is 0.197 e. The van der Waals surface area contributed by atoms with Crippen molar-refractivity contribution in [1.29, 1.82) is 0 Å². The van der Waals surface area contributed by atoms with E-state index in [1.54, 1.807) is 12.1 Å². The average molecular weight is 284 g/mol. The van der Waals surface area contributed by atoms with Crippen LogP contribution >= 0.6 is 0 Å². The first-order valence-electron chi connectivity index (χ1n) is 6.29. The minimum absolute atomic E-state index is 0.0911. The van der Waals surface area contributed by atoms with E-state index >= 15 is 0 Å². The zero-order chi connectivity index (χ0) is 15.0. The van der Waals surface area contributed by atoms with Crippen LogP contribution in [0.25, 0.3) is 22.3 Å². The summed E-state index contributed by atoms with van der Waals surface area (Å²) in [6.45, 7) is -0.478. The van der Waals surface area contributed by atoms with Crippen LogP contribution in [0.1, 0.15) is 5.56 Å². The van der Waals surface area contributed by atoms with Gasteiger partial charge in [-0.1, -0.05) is 30.3 Å². The van der Waals surface area contributed by atoms with E-state index in [1.165, 1.54) is 12.1 Å². The predicted molar refractivity (Wildman–Crippen MR) is 77.2 cm³/mol. The van der Waals surface area contributed by atoms with Crippen molar-refractivity contribution in [3.05, 3.63) is 58.3 Å². The van der Waals surface area contributed by atoms with Crippen molar-refractivity contribution in [3.8, 4) is 22.8 Å². The van der Waals surface area contributed by atoms with Gasteiger partial charge in [-0.15, -0.1) is 0 Å². The Morgan fingerprint density at radius 2 is 1.71 bits per heavy atom. The van der Waals surface area contributed by atoms with Crippen LogP contribution in [0.4, 0.5) is 0 Å². The largest absolute Gasteiger partial charge is 0.504 e. The highest BCUT2D eigenvalue weighted by atomic mass is 16.3. The third kappa shape index (κ3) is 2.13. The summed E-state index contributed by atoms with van der Waals surface area (Å²) in [5.41, 5.74) is 0.455. The van der Waals surface area contributed by atoms with E-state index in [-0.39, 0.29) is 16.5 Å². The van der Waals surface area contributed by atoms with Crippen molar-refractivity contribution < 1.29 is 19.7 Å². The van der Waals surface area contributed by atoms with Gasteiger partial charge in [0.1, 0.15) is 16.7 Å². The van der Waals surface area contributed by atoms with Crippen molar-refractivity contribution >= 4 is 11.0 Å². The van der Waals surface area contributed by atoms with Gasteiger partial charge >= 0.3 is 0 Å². The number of hydrogen-bond acceptors (Lipinski definition) is 5. The highest BCUT2D eigenvalue weighted by Crippen LogP contribution is 2.36. The second-order valence-corrected chi connectivity index (χ2v) is 4.61. The quantitative estimate of drug-likeness (QED) is 0.628. The Bertz CT molecular complexity index is 865. The molecule has 0 aliphatic rings. The molecule has 0 fully saturated rings. The van der Waals surface area contributed by atoms with Gasteiger partial charge in [0.25, 0.3) is 0 Å². The number of phenols is 2. The van der Waals surface area contributed by atoms with Crippen LogP contribution in [-0.4, -0.2) is 15.3 Å². The number of rotatable bonds is 2. The number of aromatic hydroxyl groups is 2. The van der Waals surface area contributed by atoms with Gasteiger partial charge in [0, 0.05) is 17.2 Å². The van der Waals surface area contributed by atoms with Gasteiger partial charge < -0.3 is 19.7 Å². The summed E-state index contributed by atoms with van der Waals surface area (Å²) >= 11 is 0. The lowest BCUT2D eigenvalue weighted by molar-refractivity contribution is 0.273. The Morgan fingerprint density at radius 3 is 2.38 bits per heavy atom. The Hall–Kier alpha value is -2.79. The van der Waals surface area contributed by atoms with Gasteiger partial charge in [-0.25, -0.2) is 0 Å². The van der Waals surface area contributed by atoms with Crippen LogP contribution < -0.4 is 5.43 Å². The number of fused-ring (bicyclic) bond motifs is 1. The molecule has 3 aromatic rings. The lowest BCUT2D eigenvalue weighted by atomic mass is 10.1. The minimum atomic E-state index is -0.579. The first kappa shape index (κ1) is 13.2. The van der Waals surface area contributed by atoms with Crippen molar-refractivity contribution in [3.63, 3.8) is 0 Å². The molecule has 0 aliphatic heterocycles. The highest BCUT2D eigenvalue weighted by Gasteiger charge is 2.17. The van der Waals surface area contributed by atoms with Gasteiger partial charge in [-0.3, -0.25) is 4.79 Å². The second-order valence-electron chi connectivity index (χ2n) is 4.61. The fraction of sp³-hybridized carbons (Fsp3) is 0.0625. The molecule has 1 heterocycles. The van der Waals surface area contributed by atoms with E-state index in [9.17, 15) is 15.0 Å². The molecule has 0 radical (unpaired) electrons. The van der Waals surface area contributed by atoms with Crippen molar-refractivity contribution in [2.24, 2.45) is 0 Å². The molecule has 0 spiro atoms. The van der Waals surface area contributed by atoms with E-state index in [1.807, 2.05) is 18.2 Å². The molecular weight excluding hydrogens is 272 g/mol. The van der Waals surface area contributed by atoms with Crippen LogP contribution in [0.3, 0.4) is 0 Å². The van der Waals surface area contributed by atoms with E-state index in [0.717, 1.165) is 5.56 Å². The van der Waals surface area contributed by atoms with Crippen molar-refractivity contribution in [2.75, 3.05) is 0 Å². The fourth-order valence-corrected chi connectivity index (χ4v) is 2.21. The van der Waals surface area contributed by atoms with Crippen LogP contribution in [0.15, 0.2) is 51.7 Å². The summed E-state index contributed by atoms with van der Waals surface area (Å²) in [4.78, 5) is 12.2. The Labute approximate surface area is 119 Å². The van der Waals surface area contributed by atoms with Gasteiger partial charge in [-0.2, -0.15) is 0 Å². The summed E-state index contributed by atoms with van der Waals surface area (Å²) in [6.07, 6.45) is 0. The molecular formula is C16H12O5. The zero-order valence-electron chi connectivity index (χ0n) is 10.9. The monoisotopic (exact) mass is 284 g/mol. The van der Waals surface area contributed by atoms with Crippen LogP contribution in [0.2, 0.25) is 0 Å². The summed E-state index contributed by atoms with van der Waals surface area (Å²) < 4.78 is 5.62. The average Bonchev–Trinajstić information content (AvgIpc) is 2.51. The number of hydrogen-bond donors (Lipinski definition) is 3. The van der Waals surface area contributed by atoms with Crippen LogP contribution in [0.5, 0.6) is 11.5 Å². The van der Waals surface area contributed by atoms with Crippen molar-refractivity contribution in [2.45, 2.75) is 6.61 Å². The lowest BCUT2D eigenvalue weighted by Gasteiger charge is -2.08. The normalized spacial score (nSPS) is 10.9. The van der Waals surface area contributed by atoms with Gasteiger partial charge in [0.15, 0.2) is 16.9 Å². The van der Waals surface area contributed by atoms with Crippen LogP contribution in [-0.2, 0) is 6.61 Å². The molecule has 2 aromatic carbocycles. The molecule has 0 saturated heterocycles. The summed E-state index contributed by atoms with van der Waals surface area (Å²) in [5, 5.41) is 28.7. The molecule has 21 heavy (non-hydrogen) atoms. The van der Waals surface area contributed by atoms with Gasteiger partial charge in [0.2, 0.25) is 0 Å². The molecule has 0 aliphatic carbocycles. The third-order valence-corrected chi connectivity index (χ3v) is 3.27. The molecule has 3 rings (SSSR count). The summed E-state index contributed by atoms with van der Waals surface area (Å²) in [5.74, 6) is -0.739. The smallest absolute Gasteiger partial charge is 0.197 e. The summed E-state index contributed by atoms with van der Waals surface area (Å²) in [6, 6.07) is 11.7. The lowest BCUT2D eigenvalue weighted by Crippen LogP contribution is -2.02. The SMILES string of the molecule is O=c1cc(-c2ccccc2)oc2cc(CO)c(O)c(O)c12. The Kier molecular flexibility index (Phi) is 3.12. The maximum atomic E-state index is 12.2. The standard InChI is InChI=1S/C16H12O5/c17-8-10-6-13-14(16(20)15(10)19)11(18)7-12(21-13)9-4-2-1-3-5-9/h1-7,17,19-20H,8H2. The van der Waals surface area contributed by atoms with E-state index < -0.39 is 23.5 Å². The van der Waals surface area contributed by atoms with E-state index in [2.05, 4.69) is 0 Å². The molecule has 5 nitrogen and oxygen atoms in total. The first-order valence-corrected chi connectivity index (χ1v) is 6.29.